The second-order valence-electron chi connectivity index (χ2n) is 4.30. The summed E-state index contributed by atoms with van der Waals surface area (Å²) in [6.07, 6.45) is 1.32. The molecular formula is C15H15NO3S. The van der Waals surface area contributed by atoms with Gasteiger partial charge in [-0.05, 0) is 36.8 Å². The number of rotatable bonds is 4. The highest BCUT2D eigenvalue weighted by molar-refractivity contribution is 7.90. The molecule has 0 aliphatic rings. The number of benzene rings is 2. The maximum Gasteiger partial charge on any atom is 0.282 e. The third-order valence-electron chi connectivity index (χ3n) is 2.75. The number of sulfonamides is 1. The minimum Gasteiger partial charge on any atom is -0.497 e. The van der Waals surface area contributed by atoms with E-state index < -0.39 is 10.0 Å². The highest BCUT2D eigenvalue weighted by Gasteiger charge is 2.10. The van der Waals surface area contributed by atoms with E-state index in [0.717, 1.165) is 5.56 Å². The molecule has 2 aromatic rings. The van der Waals surface area contributed by atoms with Gasteiger partial charge < -0.3 is 4.74 Å². The minimum absolute atomic E-state index is 0.183. The van der Waals surface area contributed by atoms with E-state index in [1.54, 1.807) is 55.6 Å². The Balaban J connectivity index is 2.27. The first-order chi connectivity index (χ1) is 9.51. The molecular weight excluding hydrogens is 274 g/mol. The Kier molecular flexibility index (Phi) is 4.20. The Morgan fingerprint density at radius 3 is 2.45 bits per heavy atom. The molecule has 0 saturated heterocycles. The fourth-order valence-electron chi connectivity index (χ4n) is 1.62. The van der Waals surface area contributed by atoms with Crippen molar-refractivity contribution in [3.8, 4) is 5.75 Å². The molecule has 20 heavy (non-hydrogen) atoms. The van der Waals surface area contributed by atoms with Crippen LogP contribution in [0, 0.1) is 6.92 Å². The van der Waals surface area contributed by atoms with Crippen LogP contribution in [0.5, 0.6) is 5.75 Å². The molecule has 0 aromatic heterocycles. The summed E-state index contributed by atoms with van der Waals surface area (Å²) in [4.78, 5) is 0.183. The van der Waals surface area contributed by atoms with E-state index in [4.69, 9.17) is 4.74 Å². The van der Waals surface area contributed by atoms with Crippen LogP contribution in [0.15, 0.2) is 57.8 Å². The van der Waals surface area contributed by atoms with Gasteiger partial charge >= 0.3 is 0 Å². The molecule has 0 heterocycles. The number of methoxy groups -OCH3 is 1. The number of hydrogen-bond acceptors (Lipinski definition) is 3. The first-order valence-electron chi connectivity index (χ1n) is 6.02. The van der Waals surface area contributed by atoms with E-state index in [-0.39, 0.29) is 4.90 Å². The van der Waals surface area contributed by atoms with Crippen molar-refractivity contribution >= 4 is 16.2 Å². The average molecular weight is 289 g/mol. The molecule has 0 fully saturated rings. The molecule has 0 saturated carbocycles. The molecule has 2 rings (SSSR count). The Morgan fingerprint density at radius 1 is 1.10 bits per heavy atom. The SMILES string of the molecule is COc1cccc(C=NS(=O)(=O)c2ccc(C)cc2)c1. The predicted octanol–water partition coefficient (Wildman–Crippen LogP) is 2.81. The second-order valence-corrected chi connectivity index (χ2v) is 5.93. The van der Waals surface area contributed by atoms with E-state index in [1.165, 1.54) is 6.21 Å². The summed E-state index contributed by atoms with van der Waals surface area (Å²) in [5, 5.41) is 0. The van der Waals surface area contributed by atoms with Gasteiger partial charge in [-0.3, -0.25) is 0 Å². The van der Waals surface area contributed by atoms with Gasteiger partial charge in [0.1, 0.15) is 5.75 Å². The second kappa shape index (κ2) is 5.88. The first-order valence-corrected chi connectivity index (χ1v) is 7.46. The van der Waals surface area contributed by atoms with E-state index in [0.29, 0.717) is 11.3 Å². The summed E-state index contributed by atoms with van der Waals surface area (Å²) in [7, 11) is -2.11. The highest BCUT2D eigenvalue weighted by Crippen LogP contribution is 2.14. The van der Waals surface area contributed by atoms with Gasteiger partial charge in [-0.25, -0.2) is 0 Å². The van der Waals surface area contributed by atoms with Gasteiger partial charge in [0.05, 0.1) is 12.0 Å². The van der Waals surface area contributed by atoms with Crippen LogP contribution in [0.25, 0.3) is 0 Å². The van der Waals surface area contributed by atoms with Gasteiger partial charge in [0.2, 0.25) is 0 Å². The zero-order valence-electron chi connectivity index (χ0n) is 11.3. The predicted molar refractivity (Wildman–Crippen MR) is 79.0 cm³/mol. The van der Waals surface area contributed by atoms with Crippen LogP contribution in [0.1, 0.15) is 11.1 Å². The molecule has 0 unspecified atom stereocenters. The molecule has 0 radical (unpaired) electrons. The van der Waals surface area contributed by atoms with Crippen LogP contribution in [0.4, 0.5) is 0 Å². The van der Waals surface area contributed by atoms with Gasteiger partial charge in [0.15, 0.2) is 0 Å². The summed E-state index contributed by atoms with van der Waals surface area (Å²) in [6.45, 7) is 1.90. The van der Waals surface area contributed by atoms with E-state index in [9.17, 15) is 8.42 Å². The molecule has 5 heteroatoms. The summed E-state index contributed by atoms with van der Waals surface area (Å²) in [5.74, 6) is 0.654. The lowest BCUT2D eigenvalue weighted by Gasteiger charge is -2.01. The first kappa shape index (κ1) is 14.3. The minimum atomic E-state index is -3.67. The van der Waals surface area contributed by atoms with Crippen molar-refractivity contribution in [3.05, 3.63) is 59.7 Å². The fraction of sp³-hybridized carbons (Fsp3) is 0.133. The molecule has 4 nitrogen and oxygen atoms in total. The van der Waals surface area contributed by atoms with Crippen LogP contribution >= 0.6 is 0 Å². The molecule has 0 aliphatic heterocycles. The Labute approximate surface area is 118 Å². The van der Waals surface area contributed by atoms with Crippen molar-refractivity contribution in [1.29, 1.82) is 0 Å². The van der Waals surface area contributed by atoms with Crippen molar-refractivity contribution in [1.82, 2.24) is 0 Å². The topological polar surface area (TPSA) is 55.7 Å². The summed E-state index contributed by atoms with van der Waals surface area (Å²) in [6, 6.07) is 13.6. The molecule has 0 amide bonds. The van der Waals surface area contributed by atoms with E-state index in [1.807, 2.05) is 6.92 Å². The monoisotopic (exact) mass is 289 g/mol. The van der Waals surface area contributed by atoms with Gasteiger partial charge in [-0.1, -0.05) is 29.8 Å². The maximum atomic E-state index is 12.0. The number of hydrogen-bond donors (Lipinski definition) is 0. The maximum absolute atomic E-state index is 12.0. The number of aryl methyl sites for hydroxylation is 1. The van der Waals surface area contributed by atoms with Crippen LogP contribution < -0.4 is 4.74 Å². The molecule has 2 aromatic carbocycles. The van der Waals surface area contributed by atoms with Crippen molar-refractivity contribution in [2.75, 3.05) is 7.11 Å². The third kappa shape index (κ3) is 3.45. The van der Waals surface area contributed by atoms with Gasteiger partial charge in [0, 0.05) is 6.21 Å². The number of ether oxygens (including phenoxy) is 1. The largest absolute Gasteiger partial charge is 0.497 e. The lowest BCUT2D eigenvalue weighted by atomic mass is 10.2. The molecule has 0 aliphatic carbocycles. The average Bonchev–Trinajstić information content (AvgIpc) is 2.46. The van der Waals surface area contributed by atoms with Crippen LogP contribution in [0.2, 0.25) is 0 Å². The zero-order valence-corrected chi connectivity index (χ0v) is 12.1. The summed E-state index contributed by atoms with van der Waals surface area (Å²) >= 11 is 0. The Bertz CT molecular complexity index is 719. The Hall–Kier alpha value is -2.14. The molecule has 104 valence electrons. The fourth-order valence-corrected chi connectivity index (χ4v) is 2.49. The van der Waals surface area contributed by atoms with Crippen LogP contribution in [-0.4, -0.2) is 21.7 Å². The third-order valence-corrected chi connectivity index (χ3v) is 4.00. The van der Waals surface area contributed by atoms with E-state index in [2.05, 4.69) is 4.40 Å². The van der Waals surface area contributed by atoms with E-state index >= 15 is 0 Å². The quantitative estimate of drug-likeness (QED) is 0.813. The van der Waals surface area contributed by atoms with Crippen molar-refractivity contribution in [2.45, 2.75) is 11.8 Å². The van der Waals surface area contributed by atoms with Crippen LogP contribution in [0.3, 0.4) is 0 Å². The van der Waals surface area contributed by atoms with Gasteiger partial charge in [0.25, 0.3) is 10.0 Å². The summed E-state index contributed by atoms with van der Waals surface area (Å²) in [5.41, 5.74) is 1.67. The zero-order chi connectivity index (χ0) is 14.6. The molecule has 0 N–H and O–H groups in total. The Morgan fingerprint density at radius 2 is 1.80 bits per heavy atom. The van der Waals surface area contributed by atoms with Crippen molar-refractivity contribution in [3.63, 3.8) is 0 Å². The number of nitrogens with zero attached hydrogens (tertiary/aromatic N) is 1. The van der Waals surface area contributed by atoms with Crippen molar-refractivity contribution in [2.24, 2.45) is 4.40 Å². The summed E-state index contributed by atoms with van der Waals surface area (Å²) < 4.78 is 32.9. The van der Waals surface area contributed by atoms with Crippen LogP contribution in [-0.2, 0) is 10.0 Å². The highest BCUT2D eigenvalue weighted by atomic mass is 32.2. The lowest BCUT2D eigenvalue weighted by Crippen LogP contribution is -1.98. The molecule has 0 bridgehead atoms. The normalized spacial score (nSPS) is 11.7. The molecule has 0 spiro atoms. The van der Waals surface area contributed by atoms with Gasteiger partial charge in [-0.2, -0.15) is 12.8 Å². The van der Waals surface area contributed by atoms with Gasteiger partial charge in [-0.15, -0.1) is 0 Å². The molecule has 0 atom stereocenters. The smallest absolute Gasteiger partial charge is 0.282 e. The standard InChI is InChI=1S/C15H15NO3S/c1-12-6-8-15(9-7-12)20(17,18)16-11-13-4-3-5-14(10-13)19-2/h3-11H,1-2H3. The lowest BCUT2D eigenvalue weighted by molar-refractivity contribution is 0.415. The van der Waals surface area contributed by atoms with Crippen molar-refractivity contribution < 1.29 is 13.2 Å².